The van der Waals surface area contributed by atoms with Crippen LogP contribution >= 0.6 is 12.2 Å². The summed E-state index contributed by atoms with van der Waals surface area (Å²) in [4.78, 5) is 20.5. The van der Waals surface area contributed by atoms with E-state index in [0.29, 0.717) is 16.9 Å². The van der Waals surface area contributed by atoms with Gasteiger partial charge in [0.1, 0.15) is 5.82 Å². The number of nitrogens with one attached hydrogen (secondary N) is 2. The highest BCUT2D eigenvalue weighted by Gasteiger charge is 2.30. The minimum atomic E-state index is -0.0203. The number of rotatable bonds is 4. The molecule has 0 amide bonds. The molecule has 4 rings (SSSR count). The van der Waals surface area contributed by atoms with Gasteiger partial charge in [0, 0.05) is 25.2 Å². The minimum absolute atomic E-state index is 0.0203. The maximum absolute atomic E-state index is 12.6. The number of likely N-dealkylation sites (tertiary alicyclic amines) is 1. The molecule has 0 aromatic carbocycles. The molecule has 26 heavy (non-hydrogen) atoms. The third-order valence-electron chi connectivity index (χ3n) is 6.50. The van der Waals surface area contributed by atoms with Gasteiger partial charge >= 0.3 is 0 Å². The number of anilines is 1. The van der Waals surface area contributed by atoms with Crippen LogP contribution in [0.15, 0.2) is 4.79 Å². The summed E-state index contributed by atoms with van der Waals surface area (Å²) in [5.74, 6) is 0.953. The number of fused-ring (bicyclic) bond motifs is 1. The molecule has 1 saturated carbocycles. The first-order chi connectivity index (χ1) is 12.7. The number of nitrogens with zero attached hydrogens (tertiary/aromatic N) is 3. The van der Waals surface area contributed by atoms with Crippen LogP contribution in [-0.4, -0.2) is 51.2 Å². The quantitative estimate of drug-likeness (QED) is 0.790. The third kappa shape index (κ3) is 3.49. The molecule has 0 radical (unpaired) electrons. The monoisotopic (exact) mass is 377 g/mol. The van der Waals surface area contributed by atoms with E-state index in [1.165, 1.54) is 51.5 Å². The topological polar surface area (TPSA) is 56.3 Å². The van der Waals surface area contributed by atoms with E-state index in [4.69, 9.17) is 12.2 Å². The highest BCUT2D eigenvalue weighted by Crippen LogP contribution is 2.28. The molecule has 7 heteroatoms. The van der Waals surface area contributed by atoms with Gasteiger partial charge in [0.05, 0.1) is 12.2 Å². The zero-order valence-electron chi connectivity index (χ0n) is 15.8. The van der Waals surface area contributed by atoms with E-state index in [-0.39, 0.29) is 5.56 Å². The van der Waals surface area contributed by atoms with Crippen molar-refractivity contribution in [3.8, 4) is 0 Å². The van der Waals surface area contributed by atoms with Gasteiger partial charge in [0.15, 0.2) is 4.77 Å². The van der Waals surface area contributed by atoms with Crippen LogP contribution in [0.1, 0.15) is 57.4 Å². The average molecular weight is 378 g/mol. The smallest absolute Gasteiger partial charge is 0.258 e. The molecule has 2 aliphatic heterocycles. The zero-order chi connectivity index (χ0) is 18.1. The van der Waals surface area contributed by atoms with Crippen molar-refractivity contribution in [2.75, 3.05) is 25.1 Å². The Labute approximate surface area is 160 Å². The summed E-state index contributed by atoms with van der Waals surface area (Å²) < 4.78 is 2.69. The first kappa shape index (κ1) is 18.2. The number of aromatic nitrogens is 2. The molecule has 1 aliphatic carbocycles. The average Bonchev–Trinajstić information content (AvgIpc) is 3.13. The molecule has 0 spiro atoms. The van der Waals surface area contributed by atoms with Crippen molar-refractivity contribution in [1.29, 1.82) is 0 Å². The van der Waals surface area contributed by atoms with Gasteiger partial charge in [-0.2, -0.15) is 0 Å². The van der Waals surface area contributed by atoms with Gasteiger partial charge in [-0.3, -0.25) is 19.6 Å². The first-order valence-corrected chi connectivity index (χ1v) is 10.7. The van der Waals surface area contributed by atoms with Gasteiger partial charge in [0.2, 0.25) is 0 Å². The van der Waals surface area contributed by atoms with E-state index in [9.17, 15) is 4.79 Å². The van der Waals surface area contributed by atoms with Crippen LogP contribution in [0, 0.1) is 4.77 Å². The van der Waals surface area contributed by atoms with Crippen LogP contribution in [-0.2, 0) is 13.1 Å². The van der Waals surface area contributed by atoms with Crippen LogP contribution in [0.2, 0.25) is 0 Å². The summed E-state index contributed by atoms with van der Waals surface area (Å²) in [7, 11) is 0. The number of likely N-dealkylation sites (N-methyl/N-ethyl adjacent to an activating group) is 1. The summed E-state index contributed by atoms with van der Waals surface area (Å²) in [6, 6.07) is 1.12. The Morgan fingerprint density at radius 1 is 1.15 bits per heavy atom. The maximum atomic E-state index is 12.6. The summed E-state index contributed by atoms with van der Waals surface area (Å²) >= 11 is 5.52. The second kappa shape index (κ2) is 7.82. The van der Waals surface area contributed by atoms with Crippen molar-refractivity contribution < 1.29 is 0 Å². The van der Waals surface area contributed by atoms with Crippen LogP contribution in [0.25, 0.3) is 0 Å². The molecule has 1 unspecified atom stereocenters. The summed E-state index contributed by atoms with van der Waals surface area (Å²) in [5, 5.41) is 3.55. The van der Waals surface area contributed by atoms with Crippen molar-refractivity contribution in [3.05, 3.63) is 20.7 Å². The second-order valence-electron chi connectivity index (χ2n) is 8.00. The molecule has 0 bridgehead atoms. The standard InChI is InChI=1S/C19H31N5OS/c1-2-22-10-6-9-15(22)11-24-17-16(18(25)21-19(24)26)12-23(13-20-17)14-7-4-3-5-8-14/h14-15,20H,2-13H2,1H3,(H,21,25,26). The normalized spacial score (nSPS) is 25.2. The summed E-state index contributed by atoms with van der Waals surface area (Å²) in [6.07, 6.45) is 8.93. The summed E-state index contributed by atoms with van der Waals surface area (Å²) in [5.41, 5.74) is 0.837. The Morgan fingerprint density at radius 2 is 1.96 bits per heavy atom. The third-order valence-corrected chi connectivity index (χ3v) is 6.82. The van der Waals surface area contributed by atoms with Gasteiger partial charge in [-0.25, -0.2) is 0 Å². The number of H-pyrrole nitrogens is 1. The molecule has 2 N–H and O–H groups in total. The van der Waals surface area contributed by atoms with Crippen molar-refractivity contribution in [2.45, 2.75) is 77.0 Å². The molecule has 3 aliphatic rings. The van der Waals surface area contributed by atoms with Crippen molar-refractivity contribution in [3.63, 3.8) is 0 Å². The molecule has 1 aromatic heterocycles. The van der Waals surface area contributed by atoms with E-state index in [0.717, 1.165) is 37.7 Å². The second-order valence-corrected chi connectivity index (χ2v) is 8.38. The Kier molecular flexibility index (Phi) is 5.47. The molecule has 1 saturated heterocycles. The Bertz CT molecular complexity index is 751. The minimum Gasteiger partial charge on any atom is -0.358 e. The van der Waals surface area contributed by atoms with Crippen LogP contribution < -0.4 is 10.9 Å². The predicted octanol–water partition coefficient (Wildman–Crippen LogP) is 2.91. The lowest BCUT2D eigenvalue weighted by atomic mass is 9.94. The molecule has 3 heterocycles. The van der Waals surface area contributed by atoms with E-state index >= 15 is 0 Å². The molecule has 1 atom stereocenters. The Morgan fingerprint density at radius 3 is 2.73 bits per heavy atom. The van der Waals surface area contributed by atoms with E-state index in [2.05, 4.69) is 31.6 Å². The zero-order valence-corrected chi connectivity index (χ0v) is 16.6. The fourth-order valence-electron chi connectivity index (χ4n) is 5.00. The molecular weight excluding hydrogens is 346 g/mol. The van der Waals surface area contributed by atoms with Gasteiger partial charge in [0.25, 0.3) is 5.56 Å². The number of hydrogen-bond donors (Lipinski definition) is 2. The molecule has 1 aromatic rings. The lowest BCUT2D eigenvalue weighted by Crippen LogP contribution is -2.46. The Hall–Kier alpha value is -1.18. The largest absolute Gasteiger partial charge is 0.358 e. The van der Waals surface area contributed by atoms with E-state index in [1.54, 1.807) is 0 Å². The molecule has 144 valence electrons. The van der Waals surface area contributed by atoms with Crippen LogP contribution in [0.5, 0.6) is 0 Å². The molecular formula is C19H31N5OS. The predicted molar refractivity (Wildman–Crippen MR) is 107 cm³/mol. The van der Waals surface area contributed by atoms with Crippen LogP contribution in [0.4, 0.5) is 5.82 Å². The van der Waals surface area contributed by atoms with Gasteiger partial charge in [-0.1, -0.05) is 26.2 Å². The van der Waals surface area contributed by atoms with Crippen molar-refractivity contribution >= 4 is 18.0 Å². The molecule has 2 fully saturated rings. The lowest BCUT2D eigenvalue weighted by Gasteiger charge is -2.38. The van der Waals surface area contributed by atoms with E-state index < -0.39 is 0 Å². The first-order valence-electron chi connectivity index (χ1n) is 10.3. The maximum Gasteiger partial charge on any atom is 0.258 e. The number of hydrogen-bond acceptors (Lipinski definition) is 5. The highest BCUT2D eigenvalue weighted by molar-refractivity contribution is 7.71. The van der Waals surface area contributed by atoms with Gasteiger partial charge < -0.3 is 9.88 Å². The van der Waals surface area contributed by atoms with Gasteiger partial charge in [-0.05, 0) is 51.0 Å². The fraction of sp³-hybridized carbons (Fsp3) is 0.789. The van der Waals surface area contributed by atoms with Crippen LogP contribution in [0.3, 0.4) is 0 Å². The number of aromatic amines is 1. The summed E-state index contributed by atoms with van der Waals surface area (Å²) in [6.45, 7) is 6.88. The fourth-order valence-corrected chi connectivity index (χ4v) is 5.26. The highest BCUT2D eigenvalue weighted by atomic mass is 32.1. The lowest BCUT2D eigenvalue weighted by molar-refractivity contribution is 0.151. The molecule has 6 nitrogen and oxygen atoms in total. The Balaban J connectivity index is 1.60. The van der Waals surface area contributed by atoms with E-state index in [1.807, 2.05) is 0 Å². The van der Waals surface area contributed by atoms with Crippen molar-refractivity contribution in [2.24, 2.45) is 0 Å². The van der Waals surface area contributed by atoms with Crippen molar-refractivity contribution in [1.82, 2.24) is 19.4 Å². The SMILES string of the molecule is CCN1CCCC1Cn1c2c(c(=O)[nH]c1=S)CN(C1CCCCC1)CN2. The van der Waals surface area contributed by atoms with Gasteiger partial charge in [-0.15, -0.1) is 0 Å².